The number of amides is 3. The van der Waals surface area contributed by atoms with Gasteiger partial charge in [-0.05, 0) is 48.4 Å². The maximum Gasteiger partial charge on any atom is 0.324 e. The van der Waals surface area contributed by atoms with Gasteiger partial charge in [-0.15, -0.1) is 0 Å². The number of carbonyl (C=O) groups is 2. The third kappa shape index (κ3) is 4.80. The highest BCUT2D eigenvalue weighted by Gasteiger charge is 2.26. The number of nitrogens with one attached hydrogen (secondary N) is 1. The lowest BCUT2D eigenvalue weighted by atomic mass is 10.1. The maximum atomic E-state index is 12.9. The fourth-order valence-corrected chi connectivity index (χ4v) is 3.12. The number of rotatable bonds is 5. The average molecular weight is 386 g/mol. The zero-order valence-electron chi connectivity index (χ0n) is 15.6. The molecule has 6 heteroatoms. The number of hydrogen-bond donors (Lipinski definition) is 1. The normalized spacial score (nSPS) is 14.6. The second-order valence-corrected chi connectivity index (χ2v) is 7.46. The Balaban J connectivity index is 1.68. The molecule has 0 aliphatic carbocycles. The van der Waals surface area contributed by atoms with Gasteiger partial charge in [0.1, 0.15) is 0 Å². The molecule has 0 saturated carbocycles. The molecule has 0 bridgehead atoms. The number of urea groups is 1. The minimum atomic E-state index is -0.0743. The van der Waals surface area contributed by atoms with Crippen LogP contribution in [0.5, 0.6) is 0 Å². The van der Waals surface area contributed by atoms with Crippen LogP contribution in [0.15, 0.2) is 48.5 Å². The van der Waals surface area contributed by atoms with E-state index in [2.05, 4.69) is 5.32 Å². The van der Waals surface area contributed by atoms with E-state index >= 15 is 0 Å². The first-order valence-corrected chi connectivity index (χ1v) is 9.53. The smallest absolute Gasteiger partial charge is 0.324 e. The molecule has 142 valence electrons. The van der Waals surface area contributed by atoms with Crippen LogP contribution in [0.1, 0.15) is 25.8 Å². The van der Waals surface area contributed by atoms with E-state index in [-0.39, 0.29) is 17.9 Å². The van der Waals surface area contributed by atoms with Gasteiger partial charge >= 0.3 is 6.03 Å². The molecule has 3 rings (SSSR count). The molecule has 5 nitrogen and oxygen atoms in total. The topological polar surface area (TPSA) is 52.7 Å². The zero-order valence-corrected chi connectivity index (χ0v) is 16.4. The van der Waals surface area contributed by atoms with Crippen LogP contribution in [0.3, 0.4) is 0 Å². The standard InChI is InChI=1S/C21H24ClN3O2/c1-15(2)20(26)23-18-8-10-19(11-9-18)25-13-3-12-24(21(25)27)14-16-4-6-17(22)7-5-16/h4-11,15H,3,12-14H2,1-2H3,(H,23,26). The highest BCUT2D eigenvalue weighted by molar-refractivity contribution is 6.30. The lowest BCUT2D eigenvalue weighted by Gasteiger charge is -2.35. The first kappa shape index (κ1) is 19.2. The summed E-state index contributed by atoms with van der Waals surface area (Å²) in [4.78, 5) is 28.3. The molecular formula is C21H24ClN3O2. The summed E-state index contributed by atoms with van der Waals surface area (Å²) in [6, 6.07) is 15.0. The summed E-state index contributed by atoms with van der Waals surface area (Å²) >= 11 is 5.93. The molecule has 2 aromatic carbocycles. The number of anilines is 2. The van der Waals surface area contributed by atoms with Gasteiger partial charge in [0.15, 0.2) is 0 Å². The molecular weight excluding hydrogens is 362 g/mol. The van der Waals surface area contributed by atoms with Crippen molar-refractivity contribution < 1.29 is 9.59 Å². The van der Waals surface area contributed by atoms with Crippen LogP contribution in [0.2, 0.25) is 5.02 Å². The number of benzene rings is 2. The van der Waals surface area contributed by atoms with Gasteiger partial charge in [-0.25, -0.2) is 4.79 Å². The Morgan fingerprint density at radius 2 is 1.74 bits per heavy atom. The third-order valence-corrected chi connectivity index (χ3v) is 4.82. The Labute approximate surface area is 164 Å². The summed E-state index contributed by atoms with van der Waals surface area (Å²) in [5.74, 6) is -0.0966. The van der Waals surface area contributed by atoms with Crippen molar-refractivity contribution in [1.29, 1.82) is 0 Å². The largest absolute Gasteiger partial charge is 0.326 e. The quantitative estimate of drug-likeness (QED) is 0.806. The summed E-state index contributed by atoms with van der Waals surface area (Å²) in [7, 11) is 0. The molecule has 27 heavy (non-hydrogen) atoms. The Kier molecular flexibility index (Phi) is 6.01. The van der Waals surface area contributed by atoms with Crippen molar-refractivity contribution >= 4 is 34.9 Å². The Morgan fingerprint density at radius 1 is 1.07 bits per heavy atom. The van der Waals surface area contributed by atoms with Crippen molar-refractivity contribution in [3.05, 3.63) is 59.1 Å². The number of nitrogens with zero attached hydrogens (tertiary/aromatic N) is 2. The monoisotopic (exact) mass is 385 g/mol. The molecule has 1 fully saturated rings. The molecule has 2 aromatic rings. The van der Waals surface area contributed by atoms with Gasteiger partial charge in [-0.3, -0.25) is 9.69 Å². The molecule has 0 unspecified atom stereocenters. The van der Waals surface area contributed by atoms with E-state index in [1.807, 2.05) is 67.3 Å². The van der Waals surface area contributed by atoms with Crippen LogP contribution in [0.25, 0.3) is 0 Å². The van der Waals surface area contributed by atoms with Crippen molar-refractivity contribution in [1.82, 2.24) is 4.90 Å². The average Bonchev–Trinajstić information content (AvgIpc) is 2.66. The van der Waals surface area contributed by atoms with Gasteiger partial charge in [0, 0.05) is 41.9 Å². The Hall–Kier alpha value is -2.53. The summed E-state index contributed by atoms with van der Waals surface area (Å²) in [6.07, 6.45) is 0.908. The van der Waals surface area contributed by atoms with Crippen molar-refractivity contribution in [2.45, 2.75) is 26.8 Å². The highest BCUT2D eigenvalue weighted by atomic mass is 35.5. The van der Waals surface area contributed by atoms with Crippen LogP contribution in [0, 0.1) is 5.92 Å². The summed E-state index contributed by atoms with van der Waals surface area (Å²) in [5, 5.41) is 3.55. The van der Waals surface area contributed by atoms with Crippen molar-refractivity contribution in [2.24, 2.45) is 5.92 Å². The van der Waals surface area contributed by atoms with Crippen LogP contribution in [0.4, 0.5) is 16.2 Å². The summed E-state index contributed by atoms with van der Waals surface area (Å²) in [6.45, 7) is 5.69. The maximum absolute atomic E-state index is 12.9. The van der Waals surface area contributed by atoms with Crippen LogP contribution >= 0.6 is 11.6 Å². The predicted octanol–water partition coefficient (Wildman–Crippen LogP) is 4.77. The molecule has 1 heterocycles. The molecule has 0 aromatic heterocycles. The number of carbonyl (C=O) groups excluding carboxylic acids is 2. The van der Waals surface area contributed by atoms with Crippen LogP contribution in [-0.4, -0.2) is 29.9 Å². The van der Waals surface area contributed by atoms with E-state index in [4.69, 9.17) is 11.6 Å². The van der Waals surface area contributed by atoms with Gasteiger partial charge in [0.2, 0.25) is 5.91 Å². The number of hydrogen-bond acceptors (Lipinski definition) is 2. The van der Waals surface area contributed by atoms with E-state index < -0.39 is 0 Å². The van der Waals surface area contributed by atoms with E-state index in [1.165, 1.54) is 0 Å². The molecule has 1 saturated heterocycles. The van der Waals surface area contributed by atoms with Gasteiger partial charge < -0.3 is 10.2 Å². The van der Waals surface area contributed by atoms with Gasteiger partial charge in [-0.1, -0.05) is 37.6 Å². The SMILES string of the molecule is CC(C)C(=O)Nc1ccc(N2CCCN(Cc3ccc(Cl)cc3)C2=O)cc1. The zero-order chi connectivity index (χ0) is 19.4. The molecule has 1 aliphatic rings. The molecule has 1 N–H and O–H groups in total. The molecule has 1 aliphatic heterocycles. The molecule has 0 spiro atoms. The lowest BCUT2D eigenvalue weighted by molar-refractivity contribution is -0.118. The minimum absolute atomic E-state index is 0.00448. The first-order valence-electron chi connectivity index (χ1n) is 9.16. The predicted molar refractivity (Wildman–Crippen MR) is 109 cm³/mol. The van der Waals surface area contributed by atoms with Crippen LogP contribution in [-0.2, 0) is 11.3 Å². The van der Waals surface area contributed by atoms with E-state index in [0.717, 1.165) is 29.9 Å². The summed E-state index contributed by atoms with van der Waals surface area (Å²) in [5.41, 5.74) is 2.63. The third-order valence-electron chi connectivity index (χ3n) is 4.57. The molecule has 0 radical (unpaired) electrons. The van der Waals surface area contributed by atoms with E-state index in [1.54, 1.807) is 4.90 Å². The van der Waals surface area contributed by atoms with Crippen molar-refractivity contribution in [2.75, 3.05) is 23.3 Å². The van der Waals surface area contributed by atoms with Gasteiger partial charge in [0.05, 0.1) is 0 Å². The van der Waals surface area contributed by atoms with Gasteiger partial charge in [-0.2, -0.15) is 0 Å². The minimum Gasteiger partial charge on any atom is -0.326 e. The van der Waals surface area contributed by atoms with E-state index in [9.17, 15) is 9.59 Å². The van der Waals surface area contributed by atoms with Crippen molar-refractivity contribution in [3.8, 4) is 0 Å². The van der Waals surface area contributed by atoms with Crippen molar-refractivity contribution in [3.63, 3.8) is 0 Å². The fraction of sp³-hybridized carbons (Fsp3) is 0.333. The molecule has 3 amide bonds. The first-order chi connectivity index (χ1) is 12.9. The highest BCUT2D eigenvalue weighted by Crippen LogP contribution is 2.24. The van der Waals surface area contributed by atoms with Crippen LogP contribution < -0.4 is 10.2 Å². The van der Waals surface area contributed by atoms with E-state index in [0.29, 0.717) is 18.1 Å². The lowest BCUT2D eigenvalue weighted by Crippen LogP contribution is -2.49. The summed E-state index contributed by atoms with van der Waals surface area (Å²) < 4.78 is 0. The number of halogens is 1. The molecule has 0 atom stereocenters. The fourth-order valence-electron chi connectivity index (χ4n) is 2.99. The second-order valence-electron chi connectivity index (χ2n) is 7.03. The Morgan fingerprint density at radius 3 is 2.37 bits per heavy atom. The Bertz CT molecular complexity index is 803. The van der Waals surface area contributed by atoms with Gasteiger partial charge in [0.25, 0.3) is 0 Å². The second kappa shape index (κ2) is 8.44.